The summed E-state index contributed by atoms with van der Waals surface area (Å²) in [4.78, 5) is 28.1. The number of benzene rings is 2. The van der Waals surface area contributed by atoms with Crippen LogP contribution in [0.4, 0.5) is 0 Å². The summed E-state index contributed by atoms with van der Waals surface area (Å²) in [6.45, 7) is 4.04. The third-order valence-corrected chi connectivity index (χ3v) is 6.46. The van der Waals surface area contributed by atoms with Crippen LogP contribution in [0.15, 0.2) is 42.5 Å². The number of nitrogens with zero attached hydrogens (tertiary/aromatic N) is 1. The summed E-state index contributed by atoms with van der Waals surface area (Å²) in [5, 5.41) is 3.97. The van der Waals surface area contributed by atoms with Gasteiger partial charge in [-0.3, -0.25) is 9.59 Å². The van der Waals surface area contributed by atoms with Crippen LogP contribution in [0, 0.1) is 6.92 Å². The van der Waals surface area contributed by atoms with E-state index in [-0.39, 0.29) is 24.5 Å². The molecular formula is C25H30Cl2N2O3. The third kappa shape index (κ3) is 6.39. The monoisotopic (exact) mass is 476 g/mol. The van der Waals surface area contributed by atoms with Gasteiger partial charge >= 0.3 is 0 Å². The Hall–Kier alpha value is -2.24. The minimum atomic E-state index is -0.577. The largest absolute Gasteiger partial charge is 0.482 e. The van der Waals surface area contributed by atoms with Gasteiger partial charge in [-0.1, -0.05) is 67.2 Å². The zero-order valence-electron chi connectivity index (χ0n) is 18.6. The predicted molar refractivity (Wildman–Crippen MR) is 128 cm³/mol. The molecular weight excluding hydrogens is 447 g/mol. The molecule has 2 aromatic rings. The molecule has 172 valence electrons. The molecule has 0 spiro atoms. The van der Waals surface area contributed by atoms with Gasteiger partial charge in [-0.25, -0.2) is 0 Å². The van der Waals surface area contributed by atoms with Crippen molar-refractivity contribution in [2.24, 2.45) is 0 Å². The second-order valence-corrected chi connectivity index (χ2v) is 9.07. The molecule has 3 rings (SSSR count). The number of carbonyl (C=O) groups is 2. The van der Waals surface area contributed by atoms with Crippen molar-refractivity contribution < 1.29 is 14.3 Å². The molecule has 0 aromatic heterocycles. The Bertz CT molecular complexity index is 945. The number of aryl methyl sites for hydroxylation is 1. The van der Waals surface area contributed by atoms with Gasteiger partial charge < -0.3 is 15.0 Å². The van der Waals surface area contributed by atoms with Gasteiger partial charge in [0.1, 0.15) is 11.8 Å². The van der Waals surface area contributed by atoms with E-state index in [4.69, 9.17) is 27.9 Å². The lowest BCUT2D eigenvalue weighted by atomic mass is 10.1. The summed E-state index contributed by atoms with van der Waals surface area (Å²) in [7, 11) is 0. The topological polar surface area (TPSA) is 58.6 Å². The van der Waals surface area contributed by atoms with E-state index < -0.39 is 6.04 Å². The first kappa shape index (κ1) is 24.4. The summed E-state index contributed by atoms with van der Waals surface area (Å²) in [5.74, 6) is 0.00210. The number of hydrogen-bond donors (Lipinski definition) is 1. The van der Waals surface area contributed by atoms with E-state index in [2.05, 4.69) is 5.32 Å². The molecule has 1 atom stereocenters. The molecule has 1 N–H and O–H groups in total. The lowest BCUT2D eigenvalue weighted by Crippen LogP contribution is -2.52. The Morgan fingerprint density at radius 1 is 1.16 bits per heavy atom. The van der Waals surface area contributed by atoms with Gasteiger partial charge in [0.05, 0.1) is 5.02 Å². The van der Waals surface area contributed by atoms with E-state index in [0.29, 0.717) is 28.8 Å². The van der Waals surface area contributed by atoms with Crippen LogP contribution in [0.2, 0.25) is 10.0 Å². The zero-order chi connectivity index (χ0) is 23.1. The maximum Gasteiger partial charge on any atom is 0.261 e. The number of nitrogens with one attached hydrogen (secondary N) is 1. The van der Waals surface area contributed by atoms with E-state index in [9.17, 15) is 9.59 Å². The second-order valence-electron chi connectivity index (χ2n) is 8.23. The smallest absolute Gasteiger partial charge is 0.261 e. The van der Waals surface area contributed by atoms with E-state index in [1.54, 1.807) is 23.1 Å². The lowest BCUT2D eigenvalue weighted by Gasteiger charge is -2.32. The van der Waals surface area contributed by atoms with Crippen LogP contribution in [0.5, 0.6) is 5.75 Å². The van der Waals surface area contributed by atoms with E-state index in [1.807, 2.05) is 38.1 Å². The van der Waals surface area contributed by atoms with Gasteiger partial charge in [-0.2, -0.15) is 0 Å². The van der Waals surface area contributed by atoms with Crippen molar-refractivity contribution in [2.75, 3.05) is 6.61 Å². The van der Waals surface area contributed by atoms with Gasteiger partial charge in [0.15, 0.2) is 6.61 Å². The Morgan fingerprint density at radius 3 is 2.53 bits per heavy atom. The molecule has 0 heterocycles. The molecule has 0 bridgehead atoms. The number of halogens is 2. The average Bonchev–Trinajstić information content (AvgIpc) is 3.27. The Kier molecular flexibility index (Phi) is 8.83. The first-order valence-electron chi connectivity index (χ1n) is 11.1. The first-order valence-corrected chi connectivity index (χ1v) is 11.9. The highest BCUT2D eigenvalue weighted by molar-refractivity contribution is 6.35. The maximum atomic E-state index is 13.3. The highest BCUT2D eigenvalue weighted by atomic mass is 35.5. The molecule has 2 aromatic carbocycles. The van der Waals surface area contributed by atoms with Crippen LogP contribution in [-0.2, 0) is 16.1 Å². The second kappa shape index (κ2) is 11.6. The highest BCUT2D eigenvalue weighted by Gasteiger charge is 2.31. The van der Waals surface area contributed by atoms with Crippen LogP contribution in [-0.4, -0.2) is 35.4 Å². The van der Waals surface area contributed by atoms with Crippen molar-refractivity contribution in [2.45, 2.75) is 64.6 Å². The first-order chi connectivity index (χ1) is 15.4. The molecule has 0 saturated heterocycles. The number of carbonyl (C=O) groups excluding carboxylic acids is 2. The van der Waals surface area contributed by atoms with Crippen LogP contribution in [0.1, 0.15) is 50.2 Å². The fraction of sp³-hybridized carbons (Fsp3) is 0.440. The number of hydrogen-bond acceptors (Lipinski definition) is 3. The van der Waals surface area contributed by atoms with E-state index in [1.165, 1.54) is 0 Å². The Labute approximate surface area is 200 Å². The molecule has 5 nitrogen and oxygen atoms in total. The standard InChI is InChI=1S/C25H30Cl2N2O3/c1-3-22(25(31)28-20-10-6-7-11-20)29(15-18-9-5-4-8-17(18)2)24(30)16-32-23-13-12-19(26)14-21(23)27/h4-5,8-9,12-14,20,22H,3,6-7,10-11,15-16H2,1-2H3,(H,28,31). The third-order valence-electron chi connectivity index (χ3n) is 5.93. The minimum Gasteiger partial charge on any atom is -0.482 e. The zero-order valence-corrected chi connectivity index (χ0v) is 20.1. The normalized spacial score (nSPS) is 14.8. The summed E-state index contributed by atoms with van der Waals surface area (Å²) in [5.41, 5.74) is 2.07. The summed E-state index contributed by atoms with van der Waals surface area (Å²) in [6, 6.07) is 12.3. The molecule has 1 aliphatic carbocycles. The van der Waals surface area contributed by atoms with Crippen molar-refractivity contribution in [3.05, 3.63) is 63.6 Å². The van der Waals surface area contributed by atoms with Crippen LogP contribution >= 0.6 is 23.2 Å². The summed E-state index contributed by atoms with van der Waals surface area (Å²) < 4.78 is 5.70. The fourth-order valence-corrected chi connectivity index (χ4v) is 4.54. The molecule has 1 aliphatic rings. The molecule has 7 heteroatoms. The van der Waals surface area contributed by atoms with Gasteiger partial charge in [-0.15, -0.1) is 0 Å². The van der Waals surface area contributed by atoms with Crippen molar-refractivity contribution >= 4 is 35.0 Å². The van der Waals surface area contributed by atoms with Crippen molar-refractivity contribution in [1.82, 2.24) is 10.2 Å². The molecule has 1 fully saturated rings. The number of ether oxygens (including phenoxy) is 1. The quantitative estimate of drug-likeness (QED) is 0.516. The van der Waals surface area contributed by atoms with Crippen molar-refractivity contribution in [3.63, 3.8) is 0 Å². The molecule has 32 heavy (non-hydrogen) atoms. The van der Waals surface area contributed by atoms with Gasteiger partial charge in [0.25, 0.3) is 5.91 Å². The summed E-state index contributed by atoms with van der Waals surface area (Å²) >= 11 is 12.1. The minimum absolute atomic E-state index is 0.106. The predicted octanol–water partition coefficient (Wildman–Crippen LogP) is 5.55. The van der Waals surface area contributed by atoms with Crippen molar-refractivity contribution in [1.29, 1.82) is 0 Å². The Morgan fingerprint density at radius 2 is 1.88 bits per heavy atom. The van der Waals surface area contributed by atoms with E-state index >= 15 is 0 Å². The summed E-state index contributed by atoms with van der Waals surface area (Å²) in [6.07, 6.45) is 4.75. The van der Waals surface area contributed by atoms with E-state index in [0.717, 1.165) is 36.8 Å². The van der Waals surface area contributed by atoms with Crippen LogP contribution in [0.3, 0.4) is 0 Å². The average molecular weight is 477 g/mol. The van der Waals surface area contributed by atoms with Crippen molar-refractivity contribution in [3.8, 4) is 5.75 Å². The van der Waals surface area contributed by atoms with Crippen LogP contribution < -0.4 is 10.1 Å². The fourth-order valence-electron chi connectivity index (χ4n) is 4.07. The molecule has 1 unspecified atom stereocenters. The van der Waals surface area contributed by atoms with Crippen LogP contribution in [0.25, 0.3) is 0 Å². The SMILES string of the molecule is CCC(C(=O)NC1CCCC1)N(Cc1ccccc1C)C(=O)COc1ccc(Cl)cc1Cl. The number of amides is 2. The maximum absolute atomic E-state index is 13.3. The Balaban J connectivity index is 1.78. The lowest BCUT2D eigenvalue weighted by molar-refractivity contribution is -0.143. The number of rotatable bonds is 9. The van der Waals surface area contributed by atoms with Gasteiger partial charge in [0.2, 0.25) is 5.91 Å². The highest BCUT2D eigenvalue weighted by Crippen LogP contribution is 2.28. The molecule has 1 saturated carbocycles. The van der Waals surface area contributed by atoms with Gasteiger partial charge in [0, 0.05) is 17.6 Å². The van der Waals surface area contributed by atoms with Gasteiger partial charge in [-0.05, 0) is 55.5 Å². The molecule has 2 amide bonds. The molecule has 0 aliphatic heterocycles. The molecule has 0 radical (unpaired) electrons.